The summed E-state index contributed by atoms with van der Waals surface area (Å²) in [6, 6.07) is 1.95. The normalized spacial score (nSPS) is 10.6. The van der Waals surface area contributed by atoms with Crippen LogP contribution < -0.4 is 5.32 Å². The third-order valence-corrected chi connectivity index (χ3v) is 4.71. The average Bonchev–Trinajstić information content (AvgIpc) is 2.98. The number of rotatable bonds is 5. The van der Waals surface area contributed by atoms with Crippen LogP contribution in [0, 0.1) is 0 Å². The molecule has 1 N–H and O–H groups in total. The maximum atomic E-state index is 12.0. The Labute approximate surface area is 118 Å². The van der Waals surface area contributed by atoms with Gasteiger partial charge in [-0.25, -0.2) is 4.98 Å². The second-order valence-corrected chi connectivity index (χ2v) is 6.05. The number of hydrogen-bond acceptors (Lipinski definition) is 6. The van der Waals surface area contributed by atoms with Crippen LogP contribution in [0.25, 0.3) is 0 Å². The number of thiophene rings is 1. The summed E-state index contributed by atoms with van der Waals surface area (Å²) in [7, 11) is 0. The average molecular weight is 299 g/mol. The predicted octanol–water partition coefficient (Wildman–Crippen LogP) is 3.53. The van der Waals surface area contributed by atoms with Gasteiger partial charge in [-0.15, -0.1) is 23.1 Å². The van der Waals surface area contributed by atoms with Gasteiger partial charge < -0.3 is 0 Å². The molecule has 0 bridgehead atoms. The largest absolute Gasteiger partial charge is 0.296 e. The first-order chi connectivity index (χ1) is 8.74. The number of nitrogens with zero attached hydrogens (tertiary/aromatic N) is 2. The molecule has 96 valence electrons. The molecule has 1 amide bonds. The summed E-state index contributed by atoms with van der Waals surface area (Å²) in [6.07, 6.45) is 3.82. The van der Waals surface area contributed by atoms with Crippen molar-refractivity contribution < 1.29 is 4.79 Å². The lowest BCUT2D eigenvalue weighted by Gasteiger charge is -2.00. The highest BCUT2D eigenvalue weighted by molar-refractivity contribution is 7.98. The summed E-state index contributed by atoms with van der Waals surface area (Å²) in [6.45, 7) is 2.08. The van der Waals surface area contributed by atoms with Crippen LogP contribution in [0.15, 0.2) is 16.3 Å². The number of aromatic nitrogens is 2. The zero-order valence-electron chi connectivity index (χ0n) is 10.1. The number of amides is 1. The molecule has 0 saturated heterocycles. The number of anilines is 1. The molecule has 0 saturated carbocycles. The lowest BCUT2D eigenvalue weighted by molar-refractivity contribution is 0.102. The van der Waals surface area contributed by atoms with Gasteiger partial charge in [0.15, 0.2) is 0 Å². The minimum atomic E-state index is -0.103. The summed E-state index contributed by atoms with van der Waals surface area (Å²) in [5.74, 6) is 0.697. The van der Waals surface area contributed by atoms with Gasteiger partial charge in [-0.2, -0.15) is 4.37 Å². The number of hydrogen-bond donors (Lipinski definition) is 1. The standard InChI is InChI=1S/C11H13N3OS3/c1-3-4-8-12-11(18-14-8)13-10(15)9-7(16-2)5-6-17-9/h5-6H,3-4H2,1-2H3,(H,12,13,14,15). The SMILES string of the molecule is CCCc1nsc(NC(=O)c2sccc2SC)n1. The Bertz CT molecular complexity index is 535. The molecule has 0 atom stereocenters. The lowest BCUT2D eigenvalue weighted by Crippen LogP contribution is -2.10. The molecule has 0 aliphatic rings. The van der Waals surface area contributed by atoms with Crippen LogP contribution in [0.1, 0.15) is 28.8 Å². The molecule has 0 aromatic carbocycles. The first kappa shape index (κ1) is 13.5. The van der Waals surface area contributed by atoms with Gasteiger partial charge in [-0.05, 0) is 24.1 Å². The zero-order valence-corrected chi connectivity index (χ0v) is 12.5. The quantitative estimate of drug-likeness (QED) is 0.858. The van der Waals surface area contributed by atoms with E-state index in [0.29, 0.717) is 5.13 Å². The van der Waals surface area contributed by atoms with E-state index in [2.05, 4.69) is 21.6 Å². The van der Waals surface area contributed by atoms with E-state index in [9.17, 15) is 4.79 Å². The maximum Gasteiger partial charge on any atom is 0.268 e. The molecule has 2 aromatic heterocycles. The van der Waals surface area contributed by atoms with Crippen molar-refractivity contribution in [1.29, 1.82) is 0 Å². The molecule has 2 rings (SSSR count). The monoisotopic (exact) mass is 299 g/mol. The summed E-state index contributed by atoms with van der Waals surface area (Å²) in [5, 5.41) is 5.29. The van der Waals surface area contributed by atoms with Gasteiger partial charge in [0.05, 0.1) is 0 Å². The molecule has 0 unspecified atom stereocenters. The van der Waals surface area contributed by atoms with Crippen LogP contribution >= 0.6 is 34.6 Å². The van der Waals surface area contributed by atoms with Crippen molar-refractivity contribution in [3.8, 4) is 0 Å². The molecule has 2 aromatic rings. The zero-order chi connectivity index (χ0) is 13.0. The van der Waals surface area contributed by atoms with Gasteiger partial charge in [0.2, 0.25) is 5.13 Å². The van der Waals surface area contributed by atoms with E-state index < -0.39 is 0 Å². The molecule has 0 radical (unpaired) electrons. The fraction of sp³-hybridized carbons (Fsp3) is 0.364. The fourth-order valence-corrected chi connectivity index (χ4v) is 3.66. The predicted molar refractivity (Wildman–Crippen MR) is 78.0 cm³/mol. The smallest absolute Gasteiger partial charge is 0.268 e. The second kappa shape index (κ2) is 6.31. The Morgan fingerprint density at radius 2 is 2.39 bits per heavy atom. The van der Waals surface area contributed by atoms with E-state index in [4.69, 9.17) is 0 Å². The molecular weight excluding hydrogens is 286 g/mol. The van der Waals surface area contributed by atoms with E-state index in [0.717, 1.165) is 28.4 Å². The molecular formula is C11H13N3OS3. The number of thioether (sulfide) groups is 1. The van der Waals surface area contributed by atoms with E-state index in [1.54, 1.807) is 11.8 Å². The van der Waals surface area contributed by atoms with Crippen molar-refractivity contribution in [3.63, 3.8) is 0 Å². The third kappa shape index (κ3) is 3.09. The van der Waals surface area contributed by atoms with Gasteiger partial charge in [-0.3, -0.25) is 10.1 Å². The van der Waals surface area contributed by atoms with Crippen molar-refractivity contribution in [3.05, 3.63) is 22.1 Å². The summed E-state index contributed by atoms with van der Waals surface area (Å²) < 4.78 is 4.20. The van der Waals surface area contributed by atoms with Gasteiger partial charge in [-0.1, -0.05) is 6.92 Å². The van der Waals surface area contributed by atoms with E-state index in [1.807, 2.05) is 17.7 Å². The molecule has 0 spiro atoms. The summed E-state index contributed by atoms with van der Waals surface area (Å²) >= 11 is 4.25. The van der Waals surface area contributed by atoms with Crippen molar-refractivity contribution in [2.24, 2.45) is 0 Å². The number of aryl methyl sites for hydroxylation is 1. The van der Waals surface area contributed by atoms with Crippen LogP contribution in [0.4, 0.5) is 5.13 Å². The first-order valence-corrected chi connectivity index (χ1v) is 8.37. The third-order valence-electron chi connectivity index (χ3n) is 2.22. The Morgan fingerprint density at radius 3 is 3.11 bits per heavy atom. The van der Waals surface area contributed by atoms with Crippen LogP contribution in [-0.2, 0) is 6.42 Å². The Kier molecular flexibility index (Phi) is 4.73. The van der Waals surface area contributed by atoms with E-state index >= 15 is 0 Å². The topological polar surface area (TPSA) is 54.9 Å². The van der Waals surface area contributed by atoms with Crippen molar-refractivity contribution in [2.45, 2.75) is 24.7 Å². The van der Waals surface area contributed by atoms with Crippen molar-refractivity contribution >= 4 is 45.7 Å². The van der Waals surface area contributed by atoms with Gasteiger partial charge >= 0.3 is 0 Å². The molecule has 0 fully saturated rings. The Morgan fingerprint density at radius 1 is 1.56 bits per heavy atom. The highest BCUT2D eigenvalue weighted by atomic mass is 32.2. The van der Waals surface area contributed by atoms with Crippen LogP contribution in [-0.4, -0.2) is 21.5 Å². The Balaban J connectivity index is 2.06. The van der Waals surface area contributed by atoms with Crippen molar-refractivity contribution in [2.75, 3.05) is 11.6 Å². The highest BCUT2D eigenvalue weighted by Gasteiger charge is 2.14. The first-order valence-electron chi connectivity index (χ1n) is 5.50. The molecule has 18 heavy (non-hydrogen) atoms. The molecule has 7 heteroatoms. The number of carbonyl (C=O) groups is 1. The van der Waals surface area contributed by atoms with Crippen LogP contribution in [0.5, 0.6) is 0 Å². The molecule has 4 nitrogen and oxygen atoms in total. The molecule has 0 aliphatic carbocycles. The highest BCUT2D eigenvalue weighted by Crippen LogP contribution is 2.26. The van der Waals surface area contributed by atoms with E-state index in [-0.39, 0.29) is 5.91 Å². The van der Waals surface area contributed by atoms with Crippen molar-refractivity contribution in [1.82, 2.24) is 9.36 Å². The summed E-state index contributed by atoms with van der Waals surface area (Å²) in [5.41, 5.74) is 0. The summed E-state index contributed by atoms with van der Waals surface area (Å²) in [4.78, 5) is 18.1. The maximum absolute atomic E-state index is 12.0. The Hall–Kier alpha value is -0.920. The number of carbonyl (C=O) groups excluding carboxylic acids is 1. The van der Waals surface area contributed by atoms with Crippen LogP contribution in [0.2, 0.25) is 0 Å². The second-order valence-electron chi connectivity index (χ2n) is 3.54. The molecule has 0 aliphatic heterocycles. The van der Waals surface area contributed by atoms with Gasteiger partial charge in [0, 0.05) is 22.8 Å². The molecule has 2 heterocycles. The van der Waals surface area contributed by atoms with Crippen LogP contribution in [0.3, 0.4) is 0 Å². The van der Waals surface area contributed by atoms with Gasteiger partial charge in [0.1, 0.15) is 10.7 Å². The van der Waals surface area contributed by atoms with Gasteiger partial charge in [0.25, 0.3) is 5.91 Å². The lowest BCUT2D eigenvalue weighted by atomic mass is 10.3. The number of nitrogens with one attached hydrogen (secondary N) is 1. The van der Waals surface area contributed by atoms with E-state index in [1.165, 1.54) is 22.9 Å². The minimum absolute atomic E-state index is 0.103. The fourth-order valence-electron chi connectivity index (χ4n) is 1.41. The minimum Gasteiger partial charge on any atom is -0.296 e.